The van der Waals surface area contributed by atoms with E-state index >= 15 is 0 Å². The van der Waals surface area contributed by atoms with E-state index in [0.29, 0.717) is 6.61 Å². The monoisotopic (exact) mass is 267 g/mol. The molecule has 1 fully saturated rings. The summed E-state index contributed by atoms with van der Waals surface area (Å²) in [5.74, 6) is -0.107. The second-order valence-electron chi connectivity index (χ2n) is 5.83. The smallest absolute Gasteiger partial charge is 0.165 e. The van der Waals surface area contributed by atoms with Gasteiger partial charge in [0.15, 0.2) is 11.6 Å². The van der Waals surface area contributed by atoms with Crippen LogP contribution in [0.2, 0.25) is 0 Å². The lowest BCUT2D eigenvalue weighted by Crippen LogP contribution is -2.24. The largest absolute Gasteiger partial charge is 0.488 e. The zero-order chi connectivity index (χ0) is 14.0. The Balaban J connectivity index is 1.93. The molecule has 0 radical (unpaired) electrons. The molecule has 1 saturated heterocycles. The third-order valence-electron chi connectivity index (χ3n) is 3.46. The molecule has 2 N–H and O–H groups in total. The van der Waals surface area contributed by atoms with Gasteiger partial charge >= 0.3 is 0 Å². The number of halogens is 1. The van der Waals surface area contributed by atoms with Gasteiger partial charge in [0, 0.05) is 6.04 Å². The van der Waals surface area contributed by atoms with Crippen LogP contribution in [0, 0.1) is 5.82 Å². The Morgan fingerprint density at radius 3 is 2.79 bits per heavy atom. The molecule has 19 heavy (non-hydrogen) atoms. The van der Waals surface area contributed by atoms with E-state index in [4.69, 9.17) is 15.2 Å². The van der Waals surface area contributed by atoms with Gasteiger partial charge in [-0.05, 0) is 51.3 Å². The first kappa shape index (κ1) is 14.3. The SMILES string of the molecule is CC(N)c1ccc(OCC2CCC(C)(C)O2)c(F)c1. The molecule has 1 heterocycles. The van der Waals surface area contributed by atoms with Crippen molar-refractivity contribution in [2.45, 2.75) is 51.4 Å². The Labute approximate surface area is 113 Å². The van der Waals surface area contributed by atoms with Crippen LogP contribution in [-0.2, 0) is 4.74 Å². The lowest BCUT2D eigenvalue weighted by Gasteiger charge is -2.19. The highest BCUT2D eigenvalue weighted by Crippen LogP contribution is 2.30. The van der Waals surface area contributed by atoms with Crippen molar-refractivity contribution in [3.8, 4) is 5.75 Å². The average Bonchev–Trinajstić information content (AvgIpc) is 2.67. The van der Waals surface area contributed by atoms with Crippen molar-refractivity contribution in [1.82, 2.24) is 0 Å². The van der Waals surface area contributed by atoms with Crippen molar-refractivity contribution < 1.29 is 13.9 Å². The first-order valence-electron chi connectivity index (χ1n) is 6.73. The van der Waals surface area contributed by atoms with Crippen molar-refractivity contribution >= 4 is 0 Å². The van der Waals surface area contributed by atoms with E-state index in [2.05, 4.69) is 13.8 Å². The first-order chi connectivity index (χ1) is 8.87. The molecular formula is C15H22FNO2. The lowest BCUT2D eigenvalue weighted by molar-refractivity contribution is -0.0330. The highest BCUT2D eigenvalue weighted by atomic mass is 19.1. The van der Waals surface area contributed by atoms with Crippen LogP contribution in [0.25, 0.3) is 0 Å². The third-order valence-corrected chi connectivity index (χ3v) is 3.46. The van der Waals surface area contributed by atoms with Gasteiger partial charge in [-0.3, -0.25) is 0 Å². The van der Waals surface area contributed by atoms with Crippen molar-refractivity contribution in [3.63, 3.8) is 0 Å². The Bertz CT molecular complexity index is 446. The highest BCUT2D eigenvalue weighted by Gasteiger charge is 2.32. The second-order valence-corrected chi connectivity index (χ2v) is 5.83. The molecule has 0 bridgehead atoms. The van der Waals surface area contributed by atoms with Crippen LogP contribution in [-0.4, -0.2) is 18.3 Å². The quantitative estimate of drug-likeness (QED) is 0.911. The number of nitrogens with two attached hydrogens (primary N) is 1. The normalized spacial score (nSPS) is 23.3. The predicted octanol–water partition coefficient (Wildman–Crippen LogP) is 3.18. The van der Waals surface area contributed by atoms with Crippen molar-refractivity contribution in [2.75, 3.05) is 6.61 Å². The maximum absolute atomic E-state index is 13.8. The van der Waals surface area contributed by atoms with Crippen LogP contribution in [0.4, 0.5) is 4.39 Å². The van der Waals surface area contributed by atoms with Crippen LogP contribution in [0.15, 0.2) is 18.2 Å². The van der Waals surface area contributed by atoms with E-state index < -0.39 is 0 Å². The summed E-state index contributed by atoms with van der Waals surface area (Å²) in [4.78, 5) is 0. The van der Waals surface area contributed by atoms with Gasteiger partial charge in [0.2, 0.25) is 0 Å². The Kier molecular flexibility index (Phi) is 4.11. The molecule has 0 saturated carbocycles. The van der Waals surface area contributed by atoms with Gasteiger partial charge in [-0.25, -0.2) is 4.39 Å². The summed E-state index contributed by atoms with van der Waals surface area (Å²) in [6.45, 7) is 6.33. The molecule has 1 aromatic rings. The van der Waals surface area contributed by atoms with Gasteiger partial charge in [0.1, 0.15) is 6.61 Å². The summed E-state index contributed by atoms with van der Waals surface area (Å²) in [5, 5.41) is 0. The second kappa shape index (κ2) is 5.47. The minimum absolute atomic E-state index is 0.0440. The number of rotatable bonds is 4. The van der Waals surface area contributed by atoms with Crippen LogP contribution in [0.5, 0.6) is 5.75 Å². The molecule has 1 aliphatic heterocycles. The van der Waals surface area contributed by atoms with Gasteiger partial charge in [0.25, 0.3) is 0 Å². The molecule has 0 spiro atoms. The van der Waals surface area contributed by atoms with E-state index in [1.807, 2.05) is 6.92 Å². The van der Waals surface area contributed by atoms with Crippen molar-refractivity contribution in [2.24, 2.45) is 5.73 Å². The number of hydrogen-bond donors (Lipinski definition) is 1. The van der Waals surface area contributed by atoms with Crippen LogP contribution >= 0.6 is 0 Å². The molecule has 2 rings (SSSR count). The highest BCUT2D eigenvalue weighted by molar-refractivity contribution is 5.30. The average molecular weight is 267 g/mol. The molecule has 4 heteroatoms. The van der Waals surface area contributed by atoms with E-state index in [0.717, 1.165) is 18.4 Å². The summed E-state index contributed by atoms with van der Waals surface area (Å²) >= 11 is 0. The first-order valence-corrected chi connectivity index (χ1v) is 6.73. The zero-order valence-corrected chi connectivity index (χ0v) is 11.8. The molecule has 3 nitrogen and oxygen atoms in total. The predicted molar refractivity (Wildman–Crippen MR) is 72.7 cm³/mol. The molecule has 1 aliphatic rings. The molecule has 106 valence electrons. The van der Waals surface area contributed by atoms with Crippen LogP contribution in [0.3, 0.4) is 0 Å². The number of ether oxygens (including phenoxy) is 2. The minimum Gasteiger partial charge on any atom is -0.488 e. The van der Waals surface area contributed by atoms with E-state index in [9.17, 15) is 4.39 Å². The zero-order valence-electron chi connectivity index (χ0n) is 11.8. The summed E-state index contributed by atoms with van der Waals surface area (Å²) in [6.07, 6.45) is 2.00. The Morgan fingerprint density at radius 2 is 2.26 bits per heavy atom. The summed E-state index contributed by atoms with van der Waals surface area (Å²) < 4.78 is 25.1. The third kappa shape index (κ3) is 3.67. The van der Waals surface area contributed by atoms with E-state index in [-0.39, 0.29) is 29.3 Å². The molecule has 2 atom stereocenters. The Morgan fingerprint density at radius 1 is 1.53 bits per heavy atom. The number of hydrogen-bond acceptors (Lipinski definition) is 3. The van der Waals surface area contributed by atoms with Crippen LogP contribution in [0.1, 0.15) is 45.2 Å². The van der Waals surface area contributed by atoms with Gasteiger partial charge in [0.05, 0.1) is 11.7 Å². The maximum atomic E-state index is 13.8. The number of benzene rings is 1. The van der Waals surface area contributed by atoms with Crippen molar-refractivity contribution in [3.05, 3.63) is 29.6 Å². The van der Waals surface area contributed by atoms with Crippen molar-refractivity contribution in [1.29, 1.82) is 0 Å². The van der Waals surface area contributed by atoms with E-state index in [1.54, 1.807) is 12.1 Å². The van der Waals surface area contributed by atoms with Gasteiger partial charge in [-0.2, -0.15) is 0 Å². The van der Waals surface area contributed by atoms with E-state index in [1.165, 1.54) is 6.07 Å². The van der Waals surface area contributed by atoms with Gasteiger partial charge < -0.3 is 15.2 Å². The fraction of sp³-hybridized carbons (Fsp3) is 0.600. The molecular weight excluding hydrogens is 245 g/mol. The fourth-order valence-corrected chi connectivity index (χ4v) is 2.30. The standard InChI is InChI=1S/C15H22FNO2/c1-10(17)11-4-5-14(13(16)8-11)18-9-12-6-7-15(2,3)19-12/h4-5,8,10,12H,6-7,9,17H2,1-3H3. The molecule has 1 aromatic carbocycles. The fourth-order valence-electron chi connectivity index (χ4n) is 2.30. The topological polar surface area (TPSA) is 44.5 Å². The van der Waals surface area contributed by atoms with Crippen LogP contribution < -0.4 is 10.5 Å². The molecule has 2 unspecified atom stereocenters. The molecule has 0 aromatic heterocycles. The lowest BCUT2D eigenvalue weighted by atomic mass is 10.1. The summed E-state index contributed by atoms with van der Waals surface area (Å²) in [7, 11) is 0. The molecule has 0 amide bonds. The summed E-state index contributed by atoms with van der Waals surface area (Å²) in [5.41, 5.74) is 6.38. The minimum atomic E-state index is -0.368. The maximum Gasteiger partial charge on any atom is 0.165 e. The summed E-state index contributed by atoms with van der Waals surface area (Å²) in [6, 6.07) is 4.68. The Hall–Kier alpha value is -1.13. The van der Waals surface area contributed by atoms with Gasteiger partial charge in [-0.1, -0.05) is 6.07 Å². The molecule has 0 aliphatic carbocycles. The van der Waals surface area contributed by atoms with Gasteiger partial charge in [-0.15, -0.1) is 0 Å².